The molecule has 98 valence electrons. The van der Waals surface area contributed by atoms with E-state index in [1.807, 2.05) is 19.1 Å². The summed E-state index contributed by atoms with van der Waals surface area (Å²) in [5.74, 6) is -0.981. The second kappa shape index (κ2) is 5.47. The van der Waals surface area contributed by atoms with Gasteiger partial charge < -0.3 is 5.11 Å². The van der Waals surface area contributed by atoms with Crippen molar-refractivity contribution in [2.45, 2.75) is 19.4 Å². The van der Waals surface area contributed by atoms with Gasteiger partial charge in [-0.25, -0.2) is 0 Å². The van der Waals surface area contributed by atoms with Gasteiger partial charge in [0.05, 0.1) is 5.92 Å². The molecule has 2 rings (SSSR count). The maximum Gasteiger partial charge on any atom is 0.307 e. The molecule has 0 aromatic heterocycles. The lowest BCUT2D eigenvalue weighted by Crippen LogP contribution is -2.26. The van der Waals surface area contributed by atoms with E-state index in [4.69, 9.17) is 28.3 Å². The van der Waals surface area contributed by atoms with Crippen LogP contribution in [-0.4, -0.2) is 29.1 Å². The van der Waals surface area contributed by atoms with Crippen LogP contribution >= 0.6 is 23.2 Å². The number of aliphatic carboxylic acids is 1. The Balaban J connectivity index is 2.12. The van der Waals surface area contributed by atoms with Crippen LogP contribution in [0.15, 0.2) is 18.2 Å². The molecule has 0 amide bonds. The minimum absolute atomic E-state index is 0.110. The van der Waals surface area contributed by atoms with Gasteiger partial charge in [-0.2, -0.15) is 0 Å². The van der Waals surface area contributed by atoms with Gasteiger partial charge in [-0.1, -0.05) is 29.3 Å². The molecule has 0 spiro atoms. The number of likely N-dealkylation sites (tertiary alicyclic amines) is 1. The summed E-state index contributed by atoms with van der Waals surface area (Å²) in [5.41, 5.74) is 0.993. The van der Waals surface area contributed by atoms with Gasteiger partial charge in [0.25, 0.3) is 0 Å². The zero-order valence-corrected chi connectivity index (χ0v) is 11.6. The molecule has 1 aromatic rings. The number of nitrogens with zero attached hydrogens (tertiary/aromatic N) is 1. The molecule has 0 radical (unpaired) electrons. The van der Waals surface area contributed by atoms with Crippen molar-refractivity contribution in [1.82, 2.24) is 4.90 Å². The molecule has 1 aliphatic heterocycles. The van der Waals surface area contributed by atoms with Gasteiger partial charge >= 0.3 is 5.97 Å². The number of carbonyl (C=O) groups is 1. The van der Waals surface area contributed by atoms with Crippen LogP contribution in [0, 0.1) is 5.92 Å². The molecular formula is C13H15Cl2NO2. The molecule has 1 N–H and O–H groups in total. The van der Waals surface area contributed by atoms with E-state index in [-0.39, 0.29) is 12.0 Å². The third-order valence-electron chi connectivity index (χ3n) is 3.53. The number of carboxylic acid groups (broad SMARTS) is 1. The minimum Gasteiger partial charge on any atom is -0.481 e. The Morgan fingerprint density at radius 3 is 2.78 bits per heavy atom. The van der Waals surface area contributed by atoms with Crippen LogP contribution in [0.2, 0.25) is 10.0 Å². The van der Waals surface area contributed by atoms with Crippen LogP contribution in [-0.2, 0) is 4.79 Å². The van der Waals surface area contributed by atoms with Crippen molar-refractivity contribution >= 4 is 29.2 Å². The smallest absolute Gasteiger partial charge is 0.307 e. The van der Waals surface area contributed by atoms with Crippen LogP contribution in [0.25, 0.3) is 0 Å². The fourth-order valence-electron chi connectivity index (χ4n) is 2.38. The van der Waals surface area contributed by atoms with Crippen molar-refractivity contribution in [3.05, 3.63) is 33.8 Å². The number of hydrogen-bond donors (Lipinski definition) is 1. The number of benzene rings is 1. The van der Waals surface area contributed by atoms with Crippen molar-refractivity contribution in [1.29, 1.82) is 0 Å². The lowest BCUT2D eigenvalue weighted by Gasteiger charge is -2.25. The molecule has 0 unspecified atom stereocenters. The molecule has 5 heteroatoms. The molecule has 1 saturated heterocycles. The molecule has 1 fully saturated rings. The van der Waals surface area contributed by atoms with Gasteiger partial charge in [0.2, 0.25) is 0 Å². The molecule has 3 nitrogen and oxygen atoms in total. The normalized spacial score (nSPS) is 22.1. The van der Waals surface area contributed by atoms with Crippen molar-refractivity contribution in [3.63, 3.8) is 0 Å². The highest BCUT2D eigenvalue weighted by atomic mass is 35.5. The molecule has 1 heterocycles. The second-order valence-corrected chi connectivity index (χ2v) is 5.50. The van der Waals surface area contributed by atoms with Crippen LogP contribution in [0.3, 0.4) is 0 Å². The summed E-state index contributed by atoms with van der Waals surface area (Å²) in [6.07, 6.45) is 0.699. The van der Waals surface area contributed by atoms with Crippen LogP contribution in [0.4, 0.5) is 0 Å². The Bertz CT molecular complexity index is 464. The van der Waals surface area contributed by atoms with E-state index in [9.17, 15) is 4.79 Å². The van der Waals surface area contributed by atoms with Gasteiger partial charge in [0.1, 0.15) is 0 Å². The first kappa shape index (κ1) is 13.7. The number of hydrogen-bond acceptors (Lipinski definition) is 2. The zero-order chi connectivity index (χ0) is 13.3. The summed E-state index contributed by atoms with van der Waals surface area (Å²) in [4.78, 5) is 13.1. The Kier molecular flexibility index (Phi) is 4.15. The first-order valence-corrected chi connectivity index (χ1v) is 6.66. The monoisotopic (exact) mass is 287 g/mol. The Morgan fingerprint density at radius 1 is 1.50 bits per heavy atom. The molecule has 18 heavy (non-hydrogen) atoms. The predicted octanol–water partition coefficient (Wildman–Crippen LogP) is 3.46. The summed E-state index contributed by atoms with van der Waals surface area (Å²) >= 11 is 12.0. The van der Waals surface area contributed by atoms with Gasteiger partial charge in [0.15, 0.2) is 0 Å². The van der Waals surface area contributed by atoms with Crippen LogP contribution < -0.4 is 0 Å². The summed E-state index contributed by atoms with van der Waals surface area (Å²) in [6, 6.07) is 5.55. The minimum atomic E-state index is -0.716. The maximum atomic E-state index is 10.9. The molecule has 0 bridgehead atoms. The zero-order valence-electron chi connectivity index (χ0n) is 10.1. The van der Waals surface area contributed by atoms with E-state index in [1.165, 1.54) is 0 Å². The highest BCUT2D eigenvalue weighted by molar-refractivity contribution is 6.35. The Morgan fingerprint density at radius 2 is 2.22 bits per heavy atom. The van der Waals surface area contributed by atoms with Crippen molar-refractivity contribution in [2.24, 2.45) is 5.92 Å². The maximum absolute atomic E-state index is 10.9. The standard InChI is InChI=1S/C13H15Cl2NO2/c1-8(11-3-2-10(14)6-12(11)15)16-5-4-9(7-16)13(17)18/h2-3,6,8-9H,4-5,7H2,1H3,(H,17,18)/t8-,9-/m0/s1. The van der Waals surface area contributed by atoms with Gasteiger partial charge in [-0.15, -0.1) is 0 Å². The van der Waals surface area contributed by atoms with Gasteiger partial charge in [0, 0.05) is 22.6 Å². The topological polar surface area (TPSA) is 40.5 Å². The highest BCUT2D eigenvalue weighted by Gasteiger charge is 2.31. The van der Waals surface area contributed by atoms with E-state index < -0.39 is 5.97 Å². The number of rotatable bonds is 3. The van der Waals surface area contributed by atoms with Crippen LogP contribution in [0.1, 0.15) is 24.9 Å². The highest BCUT2D eigenvalue weighted by Crippen LogP contribution is 2.32. The van der Waals surface area contributed by atoms with E-state index in [0.717, 1.165) is 12.1 Å². The van der Waals surface area contributed by atoms with E-state index in [0.29, 0.717) is 23.0 Å². The Labute approximate surface area is 116 Å². The number of carboxylic acids is 1. The number of halogens is 2. The third-order valence-corrected chi connectivity index (χ3v) is 4.09. The predicted molar refractivity (Wildman–Crippen MR) is 72.2 cm³/mol. The SMILES string of the molecule is C[C@@H](c1ccc(Cl)cc1Cl)N1CC[C@H](C(=O)O)C1. The van der Waals surface area contributed by atoms with Crippen molar-refractivity contribution in [2.75, 3.05) is 13.1 Å². The average molecular weight is 288 g/mol. The van der Waals surface area contributed by atoms with Crippen molar-refractivity contribution in [3.8, 4) is 0 Å². The molecule has 0 aliphatic carbocycles. The fraction of sp³-hybridized carbons (Fsp3) is 0.462. The molecule has 1 aliphatic rings. The lowest BCUT2D eigenvalue weighted by atomic mass is 10.1. The first-order valence-electron chi connectivity index (χ1n) is 5.91. The molecule has 1 aromatic carbocycles. The van der Waals surface area contributed by atoms with E-state index in [1.54, 1.807) is 6.07 Å². The molecule has 0 saturated carbocycles. The Hall–Kier alpha value is -0.770. The molecular weight excluding hydrogens is 273 g/mol. The summed E-state index contributed by atoms with van der Waals surface area (Å²) in [7, 11) is 0. The van der Waals surface area contributed by atoms with Crippen LogP contribution in [0.5, 0.6) is 0 Å². The summed E-state index contributed by atoms with van der Waals surface area (Å²) < 4.78 is 0. The van der Waals surface area contributed by atoms with Crippen molar-refractivity contribution < 1.29 is 9.90 Å². The first-order chi connectivity index (χ1) is 8.49. The average Bonchev–Trinajstić information content (AvgIpc) is 2.77. The third kappa shape index (κ3) is 2.79. The summed E-state index contributed by atoms with van der Waals surface area (Å²) in [5, 5.41) is 10.2. The van der Waals surface area contributed by atoms with E-state index >= 15 is 0 Å². The van der Waals surface area contributed by atoms with E-state index in [2.05, 4.69) is 4.90 Å². The second-order valence-electron chi connectivity index (χ2n) is 4.66. The van der Waals surface area contributed by atoms with Gasteiger partial charge in [-0.05, 0) is 37.6 Å². The largest absolute Gasteiger partial charge is 0.481 e. The fourth-order valence-corrected chi connectivity index (χ4v) is 2.94. The quantitative estimate of drug-likeness (QED) is 0.926. The molecule has 2 atom stereocenters. The lowest BCUT2D eigenvalue weighted by molar-refractivity contribution is -0.141. The van der Waals surface area contributed by atoms with Gasteiger partial charge in [-0.3, -0.25) is 9.69 Å². The summed E-state index contributed by atoms with van der Waals surface area (Å²) in [6.45, 7) is 3.41.